The highest BCUT2D eigenvalue weighted by Crippen LogP contribution is 2.25. The van der Waals surface area contributed by atoms with Gasteiger partial charge in [0.2, 0.25) is 0 Å². The van der Waals surface area contributed by atoms with Gasteiger partial charge in [0, 0.05) is 28.7 Å². The van der Waals surface area contributed by atoms with E-state index in [2.05, 4.69) is 55.1 Å². The summed E-state index contributed by atoms with van der Waals surface area (Å²) in [6.07, 6.45) is 2.07. The molecule has 2 rings (SSSR count). The Morgan fingerprint density at radius 1 is 1.10 bits per heavy atom. The molecule has 0 saturated heterocycles. The predicted octanol–water partition coefficient (Wildman–Crippen LogP) is 4.06. The average molecular weight is 303 g/mol. The molecule has 2 heterocycles. The average Bonchev–Trinajstić information content (AvgIpc) is 2.74. The van der Waals surface area contributed by atoms with E-state index in [0.717, 1.165) is 36.5 Å². The van der Waals surface area contributed by atoms with Crippen molar-refractivity contribution >= 4 is 11.3 Å². The van der Waals surface area contributed by atoms with Crippen LogP contribution < -0.4 is 5.32 Å². The minimum Gasteiger partial charge on any atom is -0.310 e. The Morgan fingerprint density at radius 2 is 1.86 bits per heavy atom. The van der Waals surface area contributed by atoms with Crippen molar-refractivity contribution in [2.75, 3.05) is 6.54 Å². The molecule has 0 amide bonds. The first-order valence-corrected chi connectivity index (χ1v) is 8.43. The van der Waals surface area contributed by atoms with E-state index in [1.54, 1.807) is 0 Å². The van der Waals surface area contributed by atoms with Gasteiger partial charge in [0.05, 0.1) is 10.7 Å². The number of aromatic nitrogens is 2. The third kappa shape index (κ3) is 4.11. The molecule has 2 aromatic heterocycles. The van der Waals surface area contributed by atoms with Crippen LogP contribution in [0.4, 0.5) is 0 Å². The highest BCUT2D eigenvalue weighted by atomic mass is 32.1. The molecule has 0 aromatic carbocycles. The summed E-state index contributed by atoms with van der Waals surface area (Å²) in [6.45, 7) is 11.6. The first kappa shape index (κ1) is 16.1. The lowest BCUT2D eigenvalue weighted by atomic mass is 10.0. The van der Waals surface area contributed by atoms with Gasteiger partial charge in [-0.05, 0) is 52.3 Å². The van der Waals surface area contributed by atoms with Crippen LogP contribution in [0.2, 0.25) is 0 Å². The summed E-state index contributed by atoms with van der Waals surface area (Å²) in [4.78, 5) is 10.6. The van der Waals surface area contributed by atoms with Gasteiger partial charge in [0.1, 0.15) is 0 Å². The second kappa shape index (κ2) is 7.14. The molecular formula is C17H25N3S. The van der Waals surface area contributed by atoms with Gasteiger partial charge in [-0.3, -0.25) is 4.98 Å². The molecule has 1 N–H and O–H groups in total. The Balaban J connectivity index is 2.24. The zero-order chi connectivity index (χ0) is 15.4. The Kier molecular flexibility index (Phi) is 5.48. The van der Waals surface area contributed by atoms with Crippen LogP contribution in [0.3, 0.4) is 0 Å². The number of pyridine rings is 1. The van der Waals surface area contributed by atoms with Gasteiger partial charge < -0.3 is 5.32 Å². The Morgan fingerprint density at radius 3 is 2.43 bits per heavy atom. The second-order valence-electron chi connectivity index (χ2n) is 5.59. The normalized spacial score (nSPS) is 12.6. The molecule has 1 atom stereocenters. The van der Waals surface area contributed by atoms with E-state index < -0.39 is 0 Å². The summed E-state index contributed by atoms with van der Waals surface area (Å²) < 4.78 is 0. The van der Waals surface area contributed by atoms with Crippen molar-refractivity contribution in [1.29, 1.82) is 0 Å². The zero-order valence-electron chi connectivity index (χ0n) is 13.7. The van der Waals surface area contributed by atoms with Crippen molar-refractivity contribution in [3.8, 4) is 0 Å². The lowest BCUT2D eigenvalue weighted by molar-refractivity contribution is 0.524. The molecule has 3 nitrogen and oxygen atoms in total. The number of hydrogen-bond donors (Lipinski definition) is 1. The number of nitrogens with zero attached hydrogens (tertiary/aromatic N) is 2. The number of hydrogen-bond acceptors (Lipinski definition) is 4. The van der Waals surface area contributed by atoms with Crippen molar-refractivity contribution in [3.63, 3.8) is 0 Å². The van der Waals surface area contributed by atoms with Gasteiger partial charge in [-0.15, -0.1) is 11.3 Å². The molecule has 0 spiro atoms. The maximum atomic E-state index is 4.69. The van der Waals surface area contributed by atoms with Crippen molar-refractivity contribution in [1.82, 2.24) is 15.3 Å². The van der Waals surface area contributed by atoms with E-state index in [0.29, 0.717) is 6.04 Å². The minimum atomic E-state index is 0.294. The smallest absolute Gasteiger partial charge is 0.0949 e. The van der Waals surface area contributed by atoms with Gasteiger partial charge in [-0.25, -0.2) is 4.98 Å². The number of nitrogens with one attached hydrogen (secondary N) is 1. The molecule has 114 valence electrons. The molecule has 4 heteroatoms. The Labute approximate surface area is 131 Å². The maximum Gasteiger partial charge on any atom is 0.0949 e. The summed E-state index contributed by atoms with van der Waals surface area (Å²) >= 11 is 1.81. The standard InChI is InChI=1S/C17H25N3S/c1-6-9-18-16(10-17-20-12(3)14(5)21-17)15-8-7-11(2)19-13(15)4/h7-8,16,18H,6,9-10H2,1-5H3. The van der Waals surface area contributed by atoms with Crippen LogP contribution in [0.5, 0.6) is 0 Å². The molecular weight excluding hydrogens is 278 g/mol. The molecule has 0 saturated carbocycles. The van der Waals surface area contributed by atoms with Crippen LogP contribution >= 0.6 is 11.3 Å². The number of thiazole rings is 1. The van der Waals surface area contributed by atoms with E-state index in [1.807, 2.05) is 18.3 Å². The van der Waals surface area contributed by atoms with Gasteiger partial charge in [-0.2, -0.15) is 0 Å². The van der Waals surface area contributed by atoms with Gasteiger partial charge in [0.25, 0.3) is 0 Å². The predicted molar refractivity (Wildman–Crippen MR) is 90.0 cm³/mol. The van der Waals surface area contributed by atoms with E-state index in [9.17, 15) is 0 Å². The van der Waals surface area contributed by atoms with Crippen molar-refractivity contribution in [2.24, 2.45) is 0 Å². The van der Waals surface area contributed by atoms with Crippen molar-refractivity contribution in [3.05, 3.63) is 44.7 Å². The molecule has 21 heavy (non-hydrogen) atoms. The monoisotopic (exact) mass is 303 g/mol. The molecule has 0 bridgehead atoms. The first-order valence-electron chi connectivity index (χ1n) is 7.61. The van der Waals surface area contributed by atoms with Gasteiger partial charge in [0.15, 0.2) is 0 Å². The summed E-state index contributed by atoms with van der Waals surface area (Å²) in [5.74, 6) is 0. The summed E-state index contributed by atoms with van der Waals surface area (Å²) in [5, 5.41) is 4.86. The van der Waals surface area contributed by atoms with Crippen LogP contribution in [0, 0.1) is 27.7 Å². The van der Waals surface area contributed by atoms with Crippen LogP contribution in [0.15, 0.2) is 12.1 Å². The number of aryl methyl sites for hydroxylation is 4. The molecule has 2 aromatic rings. The zero-order valence-corrected chi connectivity index (χ0v) is 14.5. The summed E-state index contributed by atoms with van der Waals surface area (Å²) in [6, 6.07) is 4.60. The fourth-order valence-electron chi connectivity index (χ4n) is 2.48. The maximum absolute atomic E-state index is 4.69. The molecule has 0 aliphatic carbocycles. The van der Waals surface area contributed by atoms with E-state index in [1.165, 1.54) is 15.4 Å². The van der Waals surface area contributed by atoms with Crippen LogP contribution in [-0.4, -0.2) is 16.5 Å². The van der Waals surface area contributed by atoms with Crippen LogP contribution in [0.25, 0.3) is 0 Å². The molecule has 1 unspecified atom stereocenters. The molecule has 0 radical (unpaired) electrons. The topological polar surface area (TPSA) is 37.8 Å². The largest absolute Gasteiger partial charge is 0.310 e. The molecule has 0 fully saturated rings. The van der Waals surface area contributed by atoms with Crippen LogP contribution in [-0.2, 0) is 6.42 Å². The Hall–Kier alpha value is -1.26. The number of rotatable bonds is 6. The minimum absolute atomic E-state index is 0.294. The van der Waals surface area contributed by atoms with Gasteiger partial charge in [-0.1, -0.05) is 13.0 Å². The fraction of sp³-hybridized carbons (Fsp3) is 0.529. The SMILES string of the molecule is CCCNC(Cc1nc(C)c(C)s1)c1ccc(C)nc1C. The highest BCUT2D eigenvalue weighted by Gasteiger charge is 2.17. The summed E-state index contributed by atoms with van der Waals surface area (Å²) in [5.41, 5.74) is 4.64. The van der Waals surface area contributed by atoms with Crippen molar-refractivity contribution in [2.45, 2.75) is 53.5 Å². The van der Waals surface area contributed by atoms with Gasteiger partial charge >= 0.3 is 0 Å². The lowest BCUT2D eigenvalue weighted by Gasteiger charge is -2.19. The van der Waals surface area contributed by atoms with E-state index in [-0.39, 0.29) is 0 Å². The first-order chi connectivity index (χ1) is 10.0. The quantitative estimate of drug-likeness (QED) is 0.874. The molecule has 0 aliphatic rings. The third-order valence-electron chi connectivity index (χ3n) is 3.73. The Bertz CT molecular complexity index is 585. The van der Waals surface area contributed by atoms with E-state index in [4.69, 9.17) is 0 Å². The third-order valence-corrected chi connectivity index (χ3v) is 4.83. The highest BCUT2D eigenvalue weighted by molar-refractivity contribution is 7.11. The van der Waals surface area contributed by atoms with E-state index >= 15 is 0 Å². The fourth-order valence-corrected chi connectivity index (χ4v) is 3.46. The molecule has 0 aliphatic heterocycles. The second-order valence-corrected chi connectivity index (χ2v) is 6.88. The van der Waals surface area contributed by atoms with Crippen LogP contribution in [0.1, 0.15) is 51.9 Å². The summed E-state index contributed by atoms with van der Waals surface area (Å²) in [7, 11) is 0. The van der Waals surface area contributed by atoms with Crippen molar-refractivity contribution < 1.29 is 0 Å². The lowest BCUT2D eigenvalue weighted by Crippen LogP contribution is -2.25.